The van der Waals surface area contributed by atoms with Crippen LogP contribution in [0.1, 0.15) is 47.8 Å². The molecular formula is C15H18N4O. The number of hydrogen-bond acceptors (Lipinski definition) is 3. The molecule has 0 unspecified atom stereocenters. The summed E-state index contributed by atoms with van der Waals surface area (Å²) in [4.78, 5) is 15.7. The van der Waals surface area contributed by atoms with Gasteiger partial charge in [0.2, 0.25) is 5.82 Å². The highest BCUT2D eigenvalue weighted by Crippen LogP contribution is 2.32. The van der Waals surface area contributed by atoms with Crippen LogP contribution in [0.15, 0.2) is 36.7 Å². The number of hydrogen-bond donors (Lipinski definition) is 2. The third-order valence-electron chi connectivity index (χ3n) is 3.96. The van der Waals surface area contributed by atoms with Gasteiger partial charge in [-0.15, -0.1) is 0 Å². The molecule has 3 rings (SSSR count). The number of carbonyl (C=O) groups is 1. The molecule has 1 aromatic carbocycles. The predicted molar refractivity (Wildman–Crippen MR) is 75.3 cm³/mol. The van der Waals surface area contributed by atoms with Crippen LogP contribution in [0.2, 0.25) is 0 Å². The second-order valence-corrected chi connectivity index (χ2v) is 5.27. The van der Waals surface area contributed by atoms with E-state index >= 15 is 0 Å². The highest BCUT2D eigenvalue weighted by Gasteiger charge is 2.24. The Morgan fingerprint density at radius 1 is 1.15 bits per heavy atom. The fourth-order valence-electron chi connectivity index (χ4n) is 2.86. The normalized spacial score (nSPS) is 22.4. The Morgan fingerprint density at radius 3 is 2.55 bits per heavy atom. The SMILES string of the molecule is O=C(NC1CCC(c2ccccc2)CC1)c1ncn[nH]1. The summed E-state index contributed by atoms with van der Waals surface area (Å²) in [6, 6.07) is 10.9. The lowest BCUT2D eigenvalue weighted by atomic mass is 9.82. The molecule has 104 valence electrons. The number of H-pyrrole nitrogens is 1. The van der Waals surface area contributed by atoms with Crippen molar-refractivity contribution in [2.24, 2.45) is 0 Å². The quantitative estimate of drug-likeness (QED) is 0.898. The summed E-state index contributed by atoms with van der Waals surface area (Å²) >= 11 is 0. The Bertz CT molecular complexity index is 545. The fourth-order valence-corrected chi connectivity index (χ4v) is 2.86. The smallest absolute Gasteiger partial charge is 0.288 e. The van der Waals surface area contributed by atoms with Gasteiger partial charge in [0.15, 0.2) is 0 Å². The van der Waals surface area contributed by atoms with E-state index in [9.17, 15) is 4.79 Å². The van der Waals surface area contributed by atoms with Crippen molar-refractivity contribution in [3.8, 4) is 0 Å². The Morgan fingerprint density at radius 2 is 1.90 bits per heavy atom. The molecule has 0 radical (unpaired) electrons. The summed E-state index contributed by atoms with van der Waals surface area (Å²) in [5.74, 6) is 0.746. The number of carbonyl (C=O) groups excluding carboxylic acids is 1. The summed E-state index contributed by atoms with van der Waals surface area (Å²) < 4.78 is 0. The summed E-state index contributed by atoms with van der Waals surface area (Å²) in [5.41, 5.74) is 1.41. The largest absolute Gasteiger partial charge is 0.347 e. The molecule has 2 N–H and O–H groups in total. The Labute approximate surface area is 117 Å². The maximum absolute atomic E-state index is 11.9. The minimum Gasteiger partial charge on any atom is -0.347 e. The molecule has 0 spiro atoms. The molecule has 0 saturated heterocycles. The van der Waals surface area contributed by atoms with E-state index in [-0.39, 0.29) is 17.8 Å². The van der Waals surface area contributed by atoms with E-state index in [4.69, 9.17) is 0 Å². The lowest BCUT2D eigenvalue weighted by Gasteiger charge is -2.29. The second-order valence-electron chi connectivity index (χ2n) is 5.27. The number of amides is 1. The summed E-state index contributed by atoms with van der Waals surface area (Å²) in [6.07, 6.45) is 5.61. The lowest BCUT2D eigenvalue weighted by molar-refractivity contribution is 0.0915. The van der Waals surface area contributed by atoms with Crippen molar-refractivity contribution in [2.75, 3.05) is 0 Å². The molecule has 0 atom stereocenters. The standard InChI is InChI=1S/C15H18N4O/c20-15(14-16-10-17-19-14)18-13-8-6-12(7-9-13)11-4-2-1-3-5-11/h1-5,10,12-13H,6-9H2,(H,18,20)(H,16,17,19). The van der Waals surface area contributed by atoms with E-state index in [1.807, 2.05) is 6.07 Å². The third-order valence-corrected chi connectivity index (χ3v) is 3.96. The molecule has 1 aliphatic carbocycles. The average molecular weight is 270 g/mol. The highest BCUT2D eigenvalue weighted by molar-refractivity contribution is 5.90. The number of aromatic amines is 1. The van der Waals surface area contributed by atoms with E-state index in [0.717, 1.165) is 25.7 Å². The maximum Gasteiger partial charge on any atom is 0.288 e. The van der Waals surface area contributed by atoms with Crippen molar-refractivity contribution in [3.05, 3.63) is 48.0 Å². The van der Waals surface area contributed by atoms with Gasteiger partial charge in [0.05, 0.1) is 0 Å². The van der Waals surface area contributed by atoms with Gasteiger partial charge in [-0.05, 0) is 37.2 Å². The van der Waals surface area contributed by atoms with E-state index < -0.39 is 0 Å². The molecule has 1 saturated carbocycles. The number of benzene rings is 1. The summed E-state index contributed by atoms with van der Waals surface area (Å²) in [7, 11) is 0. The molecule has 1 aromatic heterocycles. The van der Waals surface area contributed by atoms with Gasteiger partial charge in [0, 0.05) is 6.04 Å². The number of nitrogens with one attached hydrogen (secondary N) is 2. The zero-order chi connectivity index (χ0) is 13.8. The van der Waals surface area contributed by atoms with Crippen LogP contribution in [-0.2, 0) is 0 Å². The molecule has 5 heteroatoms. The van der Waals surface area contributed by atoms with Crippen LogP contribution in [0.4, 0.5) is 0 Å². The van der Waals surface area contributed by atoms with Crippen molar-refractivity contribution >= 4 is 5.91 Å². The van der Waals surface area contributed by atoms with Crippen LogP contribution in [0.25, 0.3) is 0 Å². The van der Waals surface area contributed by atoms with Crippen LogP contribution in [-0.4, -0.2) is 27.1 Å². The number of aromatic nitrogens is 3. The Kier molecular flexibility index (Phi) is 3.76. The van der Waals surface area contributed by atoms with Gasteiger partial charge in [-0.3, -0.25) is 9.89 Å². The third kappa shape index (κ3) is 2.87. The van der Waals surface area contributed by atoms with E-state index in [2.05, 4.69) is 44.8 Å². The van der Waals surface area contributed by atoms with E-state index in [0.29, 0.717) is 5.92 Å². The molecule has 1 heterocycles. The predicted octanol–water partition coefficient (Wildman–Crippen LogP) is 2.26. The lowest BCUT2D eigenvalue weighted by Crippen LogP contribution is -2.37. The fraction of sp³-hybridized carbons (Fsp3) is 0.400. The van der Waals surface area contributed by atoms with Gasteiger partial charge in [-0.2, -0.15) is 5.10 Å². The van der Waals surface area contributed by atoms with Crippen molar-refractivity contribution in [3.63, 3.8) is 0 Å². The summed E-state index contributed by atoms with van der Waals surface area (Å²) in [5, 5.41) is 9.30. The Balaban J connectivity index is 1.53. The summed E-state index contributed by atoms with van der Waals surface area (Å²) in [6.45, 7) is 0. The van der Waals surface area contributed by atoms with E-state index in [1.54, 1.807) is 0 Å². The highest BCUT2D eigenvalue weighted by atomic mass is 16.2. The second kappa shape index (κ2) is 5.86. The molecular weight excluding hydrogens is 252 g/mol. The molecule has 20 heavy (non-hydrogen) atoms. The minimum atomic E-state index is -0.161. The van der Waals surface area contributed by atoms with Gasteiger partial charge >= 0.3 is 0 Å². The first-order valence-corrected chi connectivity index (χ1v) is 7.04. The molecule has 1 amide bonds. The molecule has 5 nitrogen and oxygen atoms in total. The van der Waals surface area contributed by atoms with Crippen molar-refractivity contribution in [1.29, 1.82) is 0 Å². The van der Waals surface area contributed by atoms with Gasteiger partial charge < -0.3 is 5.32 Å². The van der Waals surface area contributed by atoms with Crippen LogP contribution < -0.4 is 5.32 Å². The zero-order valence-electron chi connectivity index (χ0n) is 11.2. The molecule has 2 aromatic rings. The van der Waals surface area contributed by atoms with Crippen LogP contribution >= 0.6 is 0 Å². The minimum absolute atomic E-state index is 0.161. The first kappa shape index (κ1) is 12.8. The van der Waals surface area contributed by atoms with Crippen molar-refractivity contribution in [1.82, 2.24) is 20.5 Å². The van der Waals surface area contributed by atoms with Crippen molar-refractivity contribution < 1.29 is 4.79 Å². The molecule has 1 fully saturated rings. The molecule has 0 bridgehead atoms. The van der Waals surface area contributed by atoms with Crippen LogP contribution in [0.3, 0.4) is 0 Å². The van der Waals surface area contributed by atoms with E-state index in [1.165, 1.54) is 11.9 Å². The zero-order valence-corrected chi connectivity index (χ0v) is 11.2. The van der Waals surface area contributed by atoms with Gasteiger partial charge in [0.1, 0.15) is 6.33 Å². The van der Waals surface area contributed by atoms with Gasteiger partial charge in [-0.1, -0.05) is 30.3 Å². The molecule has 1 aliphatic rings. The first-order chi connectivity index (χ1) is 9.83. The number of nitrogens with zero attached hydrogens (tertiary/aromatic N) is 2. The van der Waals surface area contributed by atoms with Gasteiger partial charge in [0.25, 0.3) is 5.91 Å². The number of rotatable bonds is 3. The first-order valence-electron chi connectivity index (χ1n) is 7.04. The molecule has 0 aliphatic heterocycles. The van der Waals surface area contributed by atoms with Crippen molar-refractivity contribution in [2.45, 2.75) is 37.6 Å². The monoisotopic (exact) mass is 270 g/mol. The average Bonchev–Trinajstić information content (AvgIpc) is 3.03. The van der Waals surface area contributed by atoms with Crippen LogP contribution in [0.5, 0.6) is 0 Å². The topological polar surface area (TPSA) is 70.7 Å². The van der Waals surface area contributed by atoms with Gasteiger partial charge in [-0.25, -0.2) is 4.98 Å². The Hall–Kier alpha value is -2.17. The van der Waals surface area contributed by atoms with Crippen LogP contribution in [0, 0.1) is 0 Å². The maximum atomic E-state index is 11.9.